The minimum Gasteiger partial charge on any atom is -0.323 e. The van der Waals surface area contributed by atoms with Crippen molar-refractivity contribution in [1.29, 1.82) is 0 Å². The van der Waals surface area contributed by atoms with Gasteiger partial charge in [0.1, 0.15) is 0 Å². The maximum absolute atomic E-state index is 12.4. The second-order valence-electron chi connectivity index (χ2n) is 7.80. The Morgan fingerprint density at radius 1 is 0.947 bits per heavy atom. The third-order valence-corrected chi connectivity index (χ3v) is 4.22. The van der Waals surface area contributed by atoms with Gasteiger partial charge in [-0.15, -0.1) is 0 Å². The van der Waals surface area contributed by atoms with E-state index in [-0.39, 0.29) is 11.6 Å². The van der Waals surface area contributed by atoms with Crippen LogP contribution in [-0.2, 0) is 0 Å². The van der Waals surface area contributed by atoms with Crippen molar-refractivity contribution in [2.24, 2.45) is 5.41 Å². The normalized spacial score (nSPS) is 24.9. The number of hydrogen-bond acceptors (Lipinski definition) is 2. The smallest absolute Gasteiger partial charge is 0.320 e. The Morgan fingerprint density at radius 3 is 2.11 bits per heavy atom. The van der Waals surface area contributed by atoms with E-state index in [1.165, 1.54) is 0 Å². The number of rotatable bonds is 0. The first kappa shape index (κ1) is 14.6. The van der Waals surface area contributed by atoms with Crippen LogP contribution in [0, 0.1) is 5.41 Å². The van der Waals surface area contributed by atoms with Crippen molar-refractivity contribution in [1.82, 2.24) is 14.7 Å². The van der Waals surface area contributed by atoms with Crippen molar-refractivity contribution in [2.45, 2.75) is 46.6 Å². The average molecular weight is 267 g/mol. The Hall–Kier alpha value is -0.770. The van der Waals surface area contributed by atoms with Crippen molar-refractivity contribution in [3.8, 4) is 0 Å². The molecule has 4 nitrogen and oxygen atoms in total. The molecule has 110 valence electrons. The zero-order valence-electron chi connectivity index (χ0n) is 13.2. The largest absolute Gasteiger partial charge is 0.323 e. The summed E-state index contributed by atoms with van der Waals surface area (Å²) in [6, 6.07) is 0.245. The SMILES string of the molecule is CC1(C)CN(C(=O)N2CCCN(C(C)(C)C)CC2)C1. The lowest BCUT2D eigenvalue weighted by Gasteiger charge is -2.47. The molecule has 0 aromatic carbocycles. The van der Waals surface area contributed by atoms with Crippen molar-refractivity contribution < 1.29 is 4.79 Å². The molecule has 0 atom stereocenters. The molecule has 2 heterocycles. The number of carbonyl (C=O) groups excluding carboxylic acids is 1. The van der Waals surface area contributed by atoms with Gasteiger partial charge in [-0.2, -0.15) is 0 Å². The van der Waals surface area contributed by atoms with Crippen LogP contribution in [0.3, 0.4) is 0 Å². The molecule has 2 aliphatic heterocycles. The standard InChI is InChI=1S/C15H29N3O/c1-14(2,3)18-8-6-7-16(9-10-18)13(19)17-11-15(4,5)12-17/h6-12H2,1-5H3. The average Bonchev–Trinajstić information content (AvgIpc) is 2.49. The van der Waals surface area contributed by atoms with Gasteiger partial charge >= 0.3 is 6.03 Å². The quantitative estimate of drug-likeness (QED) is 0.673. The predicted octanol–water partition coefficient (Wildman–Crippen LogP) is 2.25. The Balaban J connectivity index is 1.88. The monoisotopic (exact) mass is 267 g/mol. The molecule has 2 amide bonds. The van der Waals surface area contributed by atoms with Crippen LogP contribution in [-0.4, -0.2) is 65.5 Å². The van der Waals surface area contributed by atoms with Crippen LogP contribution in [0.1, 0.15) is 41.0 Å². The Kier molecular flexibility index (Phi) is 3.83. The third kappa shape index (κ3) is 3.41. The van der Waals surface area contributed by atoms with Gasteiger partial charge in [-0.3, -0.25) is 4.90 Å². The summed E-state index contributed by atoms with van der Waals surface area (Å²) in [5.41, 5.74) is 0.525. The molecule has 2 fully saturated rings. The van der Waals surface area contributed by atoms with Gasteiger partial charge in [0.15, 0.2) is 0 Å². The zero-order chi connectivity index (χ0) is 14.3. The highest BCUT2D eigenvalue weighted by molar-refractivity contribution is 5.75. The molecule has 0 radical (unpaired) electrons. The van der Waals surface area contributed by atoms with E-state index in [0.29, 0.717) is 5.41 Å². The van der Waals surface area contributed by atoms with E-state index >= 15 is 0 Å². The van der Waals surface area contributed by atoms with E-state index in [2.05, 4.69) is 39.5 Å². The highest BCUT2D eigenvalue weighted by Gasteiger charge is 2.39. The number of hydrogen-bond donors (Lipinski definition) is 0. The summed E-state index contributed by atoms with van der Waals surface area (Å²) in [6.45, 7) is 16.9. The van der Waals surface area contributed by atoms with E-state index in [4.69, 9.17) is 0 Å². The minimum atomic E-state index is 0.206. The van der Waals surface area contributed by atoms with Gasteiger partial charge in [0.2, 0.25) is 0 Å². The summed E-state index contributed by atoms with van der Waals surface area (Å²) in [5, 5.41) is 0. The molecule has 2 aliphatic rings. The number of urea groups is 1. The van der Waals surface area contributed by atoms with E-state index < -0.39 is 0 Å². The van der Waals surface area contributed by atoms with Crippen LogP contribution in [0.25, 0.3) is 0 Å². The number of amides is 2. The van der Waals surface area contributed by atoms with E-state index in [1.807, 2.05) is 9.80 Å². The van der Waals surface area contributed by atoms with Crippen molar-refractivity contribution in [3.63, 3.8) is 0 Å². The van der Waals surface area contributed by atoms with Gasteiger partial charge in [-0.1, -0.05) is 13.8 Å². The van der Waals surface area contributed by atoms with Crippen LogP contribution in [0.15, 0.2) is 0 Å². The van der Waals surface area contributed by atoms with Crippen molar-refractivity contribution >= 4 is 6.03 Å². The molecule has 4 heteroatoms. The lowest BCUT2D eigenvalue weighted by Crippen LogP contribution is -2.59. The Labute approximate surface area is 117 Å². The molecule has 0 aromatic heterocycles. The Morgan fingerprint density at radius 2 is 1.58 bits per heavy atom. The number of nitrogens with zero attached hydrogens (tertiary/aromatic N) is 3. The summed E-state index contributed by atoms with van der Waals surface area (Å²) in [6.07, 6.45) is 1.08. The van der Waals surface area contributed by atoms with E-state index in [1.54, 1.807) is 0 Å². The molecule has 19 heavy (non-hydrogen) atoms. The number of carbonyl (C=O) groups is 1. The molecule has 0 N–H and O–H groups in total. The first-order valence-corrected chi connectivity index (χ1v) is 7.48. The molecule has 0 unspecified atom stereocenters. The highest BCUT2D eigenvalue weighted by Crippen LogP contribution is 2.29. The third-order valence-electron chi connectivity index (χ3n) is 4.22. The minimum absolute atomic E-state index is 0.206. The fourth-order valence-corrected chi connectivity index (χ4v) is 3.10. The second-order valence-corrected chi connectivity index (χ2v) is 7.80. The van der Waals surface area contributed by atoms with Gasteiger partial charge in [0.25, 0.3) is 0 Å². The van der Waals surface area contributed by atoms with E-state index in [0.717, 1.165) is 45.7 Å². The van der Waals surface area contributed by atoms with Gasteiger partial charge < -0.3 is 9.80 Å². The lowest BCUT2D eigenvalue weighted by atomic mass is 9.85. The van der Waals surface area contributed by atoms with Gasteiger partial charge in [-0.25, -0.2) is 4.79 Å². The van der Waals surface area contributed by atoms with Crippen LogP contribution in [0.5, 0.6) is 0 Å². The van der Waals surface area contributed by atoms with Crippen LogP contribution in [0.4, 0.5) is 4.79 Å². The first-order chi connectivity index (χ1) is 8.69. The fourth-order valence-electron chi connectivity index (χ4n) is 3.10. The molecule has 0 spiro atoms. The zero-order valence-corrected chi connectivity index (χ0v) is 13.2. The topological polar surface area (TPSA) is 26.8 Å². The summed E-state index contributed by atoms with van der Waals surface area (Å²) < 4.78 is 0. The van der Waals surface area contributed by atoms with Crippen LogP contribution < -0.4 is 0 Å². The van der Waals surface area contributed by atoms with Crippen LogP contribution in [0.2, 0.25) is 0 Å². The van der Waals surface area contributed by atoms with Gasteiger partial charge in [0, 0.05) is 50.2 Å². The van der Waals surface area contributed by atoms with Gasteiger partial charge in [-0.05, 0) is 27.2 Å². The van der Waals surface area contributed by atoms with E-state index in [9.17, 15) is 4.79 Å². The predicted molar refractivity (Wildman–Crippen MR) is 78.3 cm³/mol. The van der Waals surface area contributed by atoms with Crippen molar-refractivity contribution in [2.75, 3.05) is 39.3 Å². The molecule has 2 saturated heterocycles. The summed E-state index contributed by atoms with van der Waals surface area (Å²) in [4.78, 5) is 18.9. The maximum atomic E-state index is 12.4. The summed E-state index contributed by atoms with van der Waals surface area (Å²) in [7, 11) is 0. The summed E-state index contributed by atoms with van der Waals surface area (Å²) in [5.74, 6) is 0. The molecular weight excluding hydrogens is 238 g/mol. The maximum Gasteiger partial charge on any atom is 0.320 e. The van der Waals surface area contributed by atoms with Crippen molar-refractivity contribution in [3.05, 3.63) is 0 Å². The van der Waals surface area contributed by atoms with Gasteiger partial charge in [0.05, 0.1) is 0 Å². The molecular formula is C15H29N3O. The fraction of sp³-hybridized carbons (Fsp3) is 0.933. The summed E-state index contributed by atoms with van der Waals surface area (Å²) >= 11 is 0. The molecule has 0 bridgehead atoms. The molecule has 0 aliphatic carbocycles. The second kappa shape index (κ2) is 4.97. The Bertz CT molecular complexity index is 338. The molecule has 0 aromatic rings. The van der Waals surface area contributed by atoms with Crippen LogP contribution >= 0.6 is 0 Å². The molecule has 2 rings (SSSR count). The number of likely N-dealkylation sites (tertiary alicyclic amines) is 1. The molecule has 0 saturated carbocycles. The highest BCUT2D eigenvalue weighted by atomic mass is 16.2. The first-order valence-electron chi connectivity index (χ1n) is 7.48. The lowest BCUT2D eigenvalue weighted by molar-refractivity contribution is 0.0423.